The molecule has 1 aliphatic rings. The molecule has 0 N–H and O–H groups in total. The molecular formula is C31H29F2NO. The summed E-state index contributed by atoms with van der Waals surface area (Å²) < 4.78 is 29.0. The molecule has 1 heterocycles. The molecule has 0 unspecified atom stereocenters. The number of halogens is 2. The topological polar surface area (TPSA) is 22.0 Å². The predicted octanol–water partition coefficient (Wildman–Crippen LogP) is 7.21. The van der Waals surface area contributed by atoms with Crippen LogP contribution in [0.5, 0.6) is 0 Å². The maximum Gasteiger partial charge on any atom is 0.250 e. The van der Waals surface area contributed by atoms with Crippen LogP contribution in [0.4, 0.5) is 8.78 Å². The summed E-state index contributed by atoms with van der Waals surface area (Å²) >= 11 is 0. The van der Waals surface area contributed by atoms with Gasteiger partial charge in [-0.3, -0.25) is 4.79 Å². The molecule has 0 aliphatic heterocycles. The van der Waals surface area contributed by atoms with Crippen LogP contribution >= 0.6 is 0 Å². The molecule has 178 valence electrons. The lowest BCUT2D eigenvalue weighted by Crippen LogP contribution is -2.20. The van der Waals surface area contributed by atoms with Crippen LogP contribution in [0.2, 0.25) is 0 Å². The van der Waals surface area contributed by atoms with Gasteiger partial charge >= 0.3 is 0 Å². The highest BCUT2D eigenvalue weighted by Gasteiger charge is 2.20. The van der Waals surface area contributed by atoms with E-state index in [2.05, 4.69) is 24.3 Å². The van der Waals surface area contributed by atoms with Gasteiger partial charge in [-0.05, 0) is 83.7 Å². The van der Waals surface area contributed by atoms with E-state index in [1.165, 1.54) is 54.7 Å². The number of rotatable bonds is 8. The van der Waals surface area contributed by atoms with Gasteiger partial charge < -0.3 is 4.57 Å². The van der Waals surface area contributed by atoms with Crippen LogP contribution < -0.4 is 5.56 Å². The first kappa shape index (κ1) is 23.2. The Balaban J connectivity index is 1.37. The summed E-state index contributed by atoms with van der Waals surface area (Å²) in [6, 6.07) is 25.0. The van der Waals surface area contributed by atoms with Gasteiger partial charge in [-0.25, -0.2) is 8.78 Å². The van der Waals surface area contributed by atoms with Crippen LogP contribution in [-0.2, 0) is 13.0 Å². The maximum atomic E-state index is 13.6. The first-order chi connectivity index (χ1) is 17.1. The van der Waals surface area contributed by atoms with E-state index in [1.807, 2.05) is 12.3 Å². The van der Waals surface area contributed by atoms with Crippen LogP contribution in [0, 0.1) is 11.6 Å². The minimum absolute atomic E-state index is 0.0473. The second-order valence-corrected chi connectivity index (χ2v) is 9.51. The number of nitrogens with zero attached hydrogens (tertiary/aromatic N) is 1. The third kappa shape index (κ3) is 5.43. The second kappa shape index (κ2) is 10.4. The first-order valence-electron chi connectivity index (χ1n) is 12.4. The Morgan fingerprint density at radius 1 is 0.800 bits per heavy atom. The summed E-state index contributed by atoms with van der Waals surface area (Å²) in [5.41, 5.74) is 5.39. The third-order valence-electron chi connectivity index (χ3n) is 7.14. The molecule has 0 bridgehead atoms. The van der Waals surface area contributed by atoms with Crippen LogP contribution in [0.1, 0.15) is 65.3 Å². The quantitative estimate of drug-likeness (QED) is 0.267. The molecular weight excluding hydrogens is 440 g/mol. The fraction of sp³-hybridized carbons (Fsp3) is 0.258. The van der Waals surface area contributed by atoms with Crippen molar-refractivity contribution in [3.63, 3.8) is 0 Å². The van der Waals surface area contributed by atoms with E-state index < -0.39 is 0 Å². The fourth-order valence-electron chi connectivity index (χ4n) is 4.98. The Labute approximate surface area is 204 Å². The normalized spacial score (nSPS) is 13.7. The average molecular weight is 470 g/mol. The molecule has 0 radical (unpaired) electrons. The highest BCUT2D eigenvalue weighted by Crippen LogP contribution is 2.36. The zero-order chi connectivity index (χ0) is 24.2. The second-order valence-electron chi connectivity index (χ2n) is 9.51. The van der Waals surface area contributed by atoms with E-state index >= 15 is 0 Å². The van der Waals surface area contributed by atoms with E-state index in [1.54, 1.807) is 34.9 Å². The molecule has 3 aromatic carbocycles. The van der Waals surface area contributed by atoms with Gasteiger partial charge in [0, 0.05) is 24.7 Å². The fourth-order valence-corrected chi connectivity index (χ4v) is 4.98. The molecule has 1 aromatic heterocycles. The summed E-state index contributed by atoms with van der Waals surface area (Å²) in [4.78, 5) is 12.7. The van der Waals surface area contributed by atoms with E-state index in [-0.39, 0.29) is 23.1 Å². The molecule has 0 saturated heterocycles. The molecule has 4 aromatic rings. The van der Waals surface area contributed by atoms with Gasteiger partial charge in [0.2, 0.25) is 0 Å². The summed E-state index contributed by atoms with van der Waals surface area (Å²) in [6.45, 7) is 0.611. The van der Waals surface area contributed by atoms with Gasteiger partial charge in [0.05, 0.1) is 0 Å². The monoisotopic (exact) mass is 469 g/mol. The standard InChI is InChI=1S/C31H29F2NO/c32-28-14-9-24(10-15-28)31(25-11-16-29(33)17-12-25)27-13-18-30(35)34(21-27)19-3-5-22-4-1-8-26(20-22)23-6-2-7-23/h1,4,8-18,20-21,23,31H,2-3,5-7,19H2. The van der Waals surface area contributed by atoms with Gasteiger partial charge in [0.1, 0.15) is 11.6 Å². The number of hydrogen-bond acceptors (Lipinski definition) is 1. The molecule has 0 amide bonds. The minimum atomic E-state index is -0.307. The summed E-state index contributed by atoms with van der Waals surface area (Å²) in [5, 5.41) is 0. The Morgan fingerprint density at radius 2 is 1.43 bits per heavy atom. The Hall–Kier alpha value is -3.53. The van der Waals surface area contributed by atoms with Gasteiger partial charge in [-0.2, -0.15) is 0 Å². The third-order valence-corrected chi connectivity index (χ3v) is 7.14. The van der Waals surface area contributed by atoms with Crippen molar-refractivity contribution in [2.24, 2.45) is 0 Å². The Kier molecular flexibility index (Phi) is 6.89. The van der Waals surface area contributed by atoms with Crippen molar-refractivity contribution in [1.29, 1.82) is 0 Å². The Morgan fingerprint density at radius 3 is 2.03 bits per heavy atom. The summed E-state index contributed by atoms with van der Waals surface area (Å²) in [6.07, 6.45) is 7.56. The molecule has 35 heavy (non-hydrogen) atoms. The average Bonchev–Trinajstić information content (AvgIpc) is 2.83. The van der Waals surface area contributed by atoms with Crippen molar-refractivity contribution in [3.05, 3.63) is 141 Å². The van der Waals surface area contributed by atoms with Gasteiger partial charge in [0.25, 0.3) is 5.56 Å². The maximum absolute atomic E-state index is 13.6. The molecule has 4 heteroatoms. The number of benzene rings is 3. The molecule has 2 nitrogen and oxygen atoms in total. The van der Waals surface area contributed by atoms with E-state index in [0.29, 0.717) is 12.5 Å². The van der Waals surface area contributed by atoms with Crippen LogP contribution in [0.3, 0.4) is 0 Å². The van der Waals surface area contributed by atoms with Crippen LogP contribution in [0.25, 0.3) is 0 Å². The van der Waals surface area contributed by atoms with Crippen molar-refractivity contribution in [2.45, 2.75) is 50.5 Å². The van der Waals surface area contributed by atoms with E-state index in [9.17, 15) is 13.6 Å². The first-order valence-corrected chi connectivity index (χ1v) is 12.4. The lowest BCUT2D eigenvalue weighted by atomic mass is 9.79. The van der Waals surface area contributed by atoms with Gasteiger partial charge in [-0.15, -0.1) is 0 Å². The van der Waals surface area contributed by atoms with E-state index in [4.69, 9.17) is 0 Å². The zero-order valence-corrected chi connectivity index (χ0v) is 19.7. The largest absolute Gasteiger partial charge is 0.315 e. The van der Waals surface area contributed by atoms with Crippen molar-refractivity contribution >= 4 is 0 Å². The summed E-state index contributed by atoms with van der Waals surface area (Å²) in [5.74, 6) is -0.137. The molecule has 5 rings (SSSR count). The number of aromatic nitrogens is 1. The van der Waals surface area contributed by atoms with Gasteiger partial charge in [0.15, 0.2) is 0 Å². The van der Waals surface area contributed by atoms with Crippen LogP contribution in [-0.4, -0.2) is 4.57 Å². The van der Waals surface area contributed by atoms with Crippen molar-refractivity contribution < 1.29 is 8.78 Å². The molecule has 0 atom stereocenters. The summed E-state index contributed by atoms with van der Waals surface area (Å²) in [7, 11) is 0. The number of aryl methyl sites for hydroxylation is 2. The lowest BCUT2D eigenvalue weighted by molar-refractivity contribution is 0.419. The molecule has 1 aliphatic carbocycles. The number of hydrogen-bond donors (Lipinski definition) is 0. The molecule has 0 spiro atoms. The van der Waals surface area contributed by atoms with Crippen LogP contribution in [0.15, 0.2) is 95.9 Å². The number of pyridine rings is 1. The SMILES string of the molecule is O=c1ccc(C(c2ccc(F)cc2)c2ccc(F)cc2)cn1CCCc1cccc(C2CCC2)c1. The van der Waals surface area contributed by atoms with E-state index in [0.717, 1.165) is 29.5 Å². The Bertz CT molecular complexity index is 1290. The van der Waals surface area contributed by atoms with Crippen molar-refractivity contribution in [2.75, 3.05) is 0 Å². The highest BCUT2D eigenvalue weighted by atomic mass is 19.1. The minimum Gasteiger partial charge on any atom is -0.315 e. The predicted molar refractivity (Wildman–Crippen MR) is 136 cm³/mol. The lowest BCUT2D eigenvalue weighted by Gasteiger charge is -2.26. The zero-order valence-electron chi connectivity index (χ0n) is 19.7. The highest BCUT2D eigenvalue weighted by molar-refractivity contribution is 5.42. The van der Waals surface area contributed by atoms with Gasteiger partial charge in [-0.1, -0.05) is 61.0 Å². The van der Waals surface area contributed by atoms with Crippen molar-refractivity contribution in [3.8, 4) is 0 Å². The smallest absolute Gasteiger partial charge is 0.250 e. The molecule has 1 saturated carbocycles. The molecule has 1 fully saturated rings. The van der Waals surface area contributed by atoms with Crippen molar-refractivity contribution in [1.82, 2.24) is 4.57 Å².